The molecule has 3 aromatic rings. The highest BCUT2D eigenvalue weighted by Gasteiger charge is 2.07. The monoisotopic (exact) mass is 318 g/mol. The molecule has 0 bridgehead atoms. The van der Waals surface area contributed by atoms with Crippen LogP contribution in [-0.2, 0) is 6.54 Å². The topological polar surface area (TPSA) is 95.0 Å². The number of nitrogens with zero attached hydrogens (tertiary/aromatic N) is 2. The molecule has 0 aliphatic heterocycles. The second kappa shape index (κ2) is 7.09. The summed E-state index contributed by atoms with van der Waals surface area (Å²) in [7, 11) is 0. The van der Waals surface area contributed by atoms with E-state index in [0.717, 1.165) is 27.6 Å². The molecule has 3 rings (SSSR count). The third kappa shape index (κ3) is 3.20. The highest BCUT2D eigenvalue weighted by Crippen LogP contribution is 2.28. The number of pyridine rings is 1. The molecule has 0 saturated heterocycles. The van der Waals surface area contributed by atoms with E-state index in [9.17, 15) is 0 Å². The molecule has 5 nitrogen and oxygen atoms in total. The lowest BCUT2D eigenvalue weighted by Gasteiger charge is -2.09. The molecule has 5 heteroatoms. The Morgan fingerprint density at radius 1 is 1.17 bits per heavy atom. The minimum atomic E-state index is 0.127. The average Bonchev–Trinajstić information content (AvgIpc) is 2.62. The first-order chi connectivity index (χ1) is 11.7. The maximum Gasteiger partial charge on any atom is 0.103 e. The number of hydrogen-bond donors (Lipinski definition) is 3. The van der Waals surface area contributed by atoms with Gasteiger partial charge >= 0.3 is 0 Å². The molecular formula is C19H18N4O. The summed E-state index contributed by atoms with van der Waals surface area (Å²) in [6.45, 7) is 1.41. The van der Waals surface area contributed by atoms with Crippen LogP contribution in [0, 0.1) is 11.3 Å². The van der Waals surface area contributed by atoms with Gasteiger partial charge < -0.3 is 16.2 Å². The smallest absolute Gasteiger partial charge is 0.103 e. The summed E-state index contributed by atoms with van der Waals surface area (Å²) in [4.78, 5) is 4.34. The Hall–Kier alpha value is -2.94. The fourth-order valence-electron chi connectivity index (χ4n) is 2.66. The Balaban J connectivity index is 1.95. The van der Waals surface area contributed by atoms with Gasteiger partial charge in [0.15, 0.2) is 0 Å². The minimum Gasteiger partial charge on any atom is -0.397 e. The average molecular weight is 318 g/mol. The van der Waals surface area contributed by atoms with Crippen LogP contribution in [0.5, 0.6) is 0 Å². The van der Waals surface area contributed by atoms with Gasteiger partial charge in [-0.1, -0.05) is 30.3 Å². The summed E-state index contributed by atoms with van der Waals surface area (Å²) in [5, 5.41) is 21.8. The maximum atomic E-state index is 9.04. The van der Waals surface area contributed by atoms with Gasteiger partial charge in [0.2, 0.25) is 0 Å². The van der Waals surface area contributed by atoms with Crippen LogP contribution < -0.4 is 11.1 Å². The van der Waals surface area contributed by atoms with Crippen molar-refractivity contribution in [1.82, 2.24) is 10.3 Å². The number of anilines is 1. The van der Waals surface area contributed by atoms with Crippen LogP contribution in [0.3, 0.4) is 0 Å². The lowest BCUT2D eigenvalue weighted by molar-refractivity contribution is 0.292. The van der Waals surface area contributed by atoms with Gasteiger partial charge in [-0.2, -0.15) is 5.26 Å². The SMILES string of the molecule is N#Cc1cnc2cc(-c3cccc(CNCCO)c3)ccc2c1N. The van der Waals surface area contributed by atoms with Crippen molar-refractivity contribution in [3.63, 3.8) is 0 Å². The predicted molar refractivity (Wildman–Crippen MR) is 95.1 cm³/mol. The van der Waals surface area contributed by atoms with E-state index in [1.807, 2.05) is 36.4 Å². The van der Waals surface area contributed by atoms with Gasteiger partial charge in [0.25, 0.3) is 0 Å². The van der Waals surface area contributed by atoms with Crippen molar-refractivity contribution in [3.8, 4) is 17.2 Å². The molecule has 24 heavy (non-hydrogen) atoms. The molecule has 0 spiro atoms. The van der Waals surface area contributed by atoms with Crippen molar-refractivity contribution >= 4 is 16.6 Å². The number of aliphatic hydroxyl groups is 1. The van der Waals surface area contributed by atoms with Gasteiger partial charge in [-0.25, -0.2) is 0 Å². The number of nitrogen functional groups attached to an aromatic ring is 1. The van der Waals surface area contributed by atoms with Crippen LogP contribution in [0.15, 0.2) is 48.7 Å². The summed E-state index contributed by atoms with van der Waals surface area (Å²) in [6.07, 6.45) is 1.51. The second-order valence-corrected chi connectivity index (χ2v) is 5.53. The van der Waals surface area contributed by atoms with Crippen LogP contribution in [-0.4, -0.2) is 23.2 Å². The Morgan fingerprint density at radius 3 is 2.79 bits per heavy atom. The molecule has 0 saturated carbocycles. The Bertz CT molecular complexity index is 915. The molecule has 0 aliphatic carbocycles. The van der Waals surface area contributed by atoms with Crippen LogP contribution in [0.2, 0.25) is 0 Å². The molecular weight excluding hydrogens is 300 g/mol. The number of hydrogen-bond acceptors (Lipinski definition) is 5. The van der Waals surface area contributed by atoms with E-state index in [1.165, 1.54) is 6.20 Å². The fourth-order valence-corrected chi connectivity index (χ4v) is 2.66. The van der Waals surface area contributed by atoms with Crippen molar-refractivity contribution in [1.29, 1.82) is 5.26 Å². The second-order valence-electron chi connectivity index (χ2n) is 5.53. The predicted octanol–water partition coefficient (Wildman–Crippen LogP) is 2.44. The normalized spacial score (nSPS) is 10.7. The van der Waals surface area contributed by atoms with E-state index >= 15 is 0 Å². The van der Waals surface area contributed by atoms with Gasteiger partial charge in [0.1, 0.15) is 6.07 Å². The quantitative estimate of drug-likeness (QED) is 0.628. The van der Waals surface area contributed by atoms with E-state index in [0.29, 0.717) is 24.3 Å². The summed E-state index contributed by atoms with van der Waals surface area (Å²) in [6, 6.07) is 16.1. The lowest BCUT2D eigenvalue weighted by atomic mass is 10.0. The van der Waals surface area contributed by atoms with Crippen LogP contribution in [0.1, 0.15) is 11.1 Å². The Labute approximate surface area is 140 Å². The zero-order valence-electron chi connectivity index (χ0n) is 13.2. The van der Waals surface area contributed by atoms with Crippen molar-refractivity contribution < 1.29 is 5.11 Å². The zero-order valence-corrected chi connectivity index (χ0v) is 13.2. The summed E-state index contributed by atoms with van der Waals surface area (Å²) in [5.41, 5.74) is 10.9. The van der Waals surface area contributed by atoms with Crippen LogP contribution in [0.4, 0.5) is 5.69 Å². The summed E-state index contributed by atoms with van der Waals surface area (Å²) >= 11 is 0. The van der Waals surface area contributed by atoms with Crippen LogP contribution in [0.25, 0.3) is 22.0 Å². The maximum absolute atomic E-state index is 9.04. The van der Waals surface area contributed by atoms with Crippen molar-refractivity contribution in [2.45, 2.75) is 6.54 Å². The molecule has 0 fully saturated rings. The molecule has 120 valence electrons. The van der Waals surface area contributed by atoms with Crippen molar-refractivity contribution in [3.05, 3.63) is 59.8 Å². The molecule has 2 aromatic carbocycles. The number of nitriles is 1. The molecule has 0 radical (unpaired) electrons. The number of fused-ring (bicyclic) bond motifs is 1. The van der Waals surface area contributed by atoms with E-state index in [-0.39, 0.29) is 6.61 Å². The van der Waals surface area contributed by atoms with Gasteiger partial charge in [-0.15, -0.1) is 0 Å². The standard InChI is InChI=1S/C19H18N4O/c20-10-16-12-23-18-9-15(4-5-17(18)19(16)21)14-3-1-2-13(8-14)11-22-6-7-24/h1-5,8-9,12,22,24H,6-7,11H2,(H2,21,23). The first-order valence-corrected chi connectivity index (χ1v) is 7.72. The first kappa shape index (κ1) is 15.9. The lowest BCUT2D eigenvalue weighted by Crippen LogP contribution is -2.17. The van der Waals surface area contributed by atoms with Crippen molar-refractivity contribution in [2.24, 2.45) is 0 Å². The Kier molecular flexibility index (Phi) is 4.71. The van der Waals surface area contributed by atoms with Gasteiger partial charge in [-0.3, -0.25) is 4.98 Å². The molecule has 1 aromatic heterocycles. The summed E-state index contributed by atoms with van der Waals surface area (Å²) < 4.78 is 0. The molecule has 0 unspecified atom stereocenters. The van der Waals surface area contributed by atoms with E-state index in [2.05, 4.69) is 22.4 Å². The summed E-state index contributed by atoms with van der Waals surface area (Å²) in [5.74, 6) is 0. The van der Waals surface area contributed by atoms with E-state index in [1.54, 1.807) is 0 Å². The number of aliphatic hydroxyl groups excluding tert-OH is 1. The number of benzene rings is 2. The highest BCUT2D eigenvalue weighted by molar-refractivity contribution is 5.95. The Morgan fingerprint density at radius 2 is 2.00 bits per heavy atom. The van der Waals surface area contributed by atoms with Gasteiger partial charge in [0.05, 0.1) is 23.4 Å². The minimum absolute atomic E-state index is 0.127. The third-order valence-electron chi connectivity index (χ3n) is 3.91. The van der Waals surface area contributed by atoms with Crippen LogP contribution >= 0.6 is 0 Å². The molecule has 0 aliphatic rings. The number of nitrogens with two attached hydrogens (primary N) is 1. The van der Waals surface area contributed by atoms with E-state index in [4.69, 9.17) is 16.1 Å². The molecule has 4 N–H and O–H groups in total. The third-order valence-corrected chi connectivity index (χ3v) is 3.91. The zero-order chi connectivity index (χ0) is 16.9. The fraction of sp³-hybridized carbons (Fsp3) is 0.158. The van der Waals surface area contributed by atoms with E-state index < -0.39 is 0 Å². The van der Waals surface area contributed by atoms with Gasteiger partial charge in [-0.05, 0) is 28.8 Å². The first-order valence-electron chi connectivity index (χ1n) is 7.72. The molecule has 0 atom stereocenters. The molecule has 0 amide bonds. The number of aromatic nitrogens is 1. The number of nitrogens with one attached hydrogen (secondary N) is 1. The molecule has 1 heterocycles. The van der Waals surface area contributed by atoms with Gasteiger partial charge in [0, 0.05) is 24.7 Å². The highest BCUT2D eigenvalue weighted by atomic mass is 16.3. The largest absolute Gasteiger partial charge is 0.397 e. The number of rotatable bonds is 5. The van der Waals surface area contributed by atoms with Crippen molar-refractivity contribution in [2.75, 3.05) is 18.9 Å².